The number of nitrogens with zero attached hydrogens (tertiary/aromatic N) is 1. The number of hydrogen-bond acceptors (Lipinski definition) is 6. The predicted molar refractivity (Wildman–Crippen MR) is 141 cm³/mol. The van der Waals surface area contributed by atoms with E-state index in [9.17, 15) is 0 Å². The van der Waals surface area contributed by atoms with Gasteiger partial charge in [-0.15, -0.1) is 12.4 Å². The fourth-order valence-electron chi connectivity index (χ4n) is 3.65. The minimum atomic E-state index is 0. The SMILES string of the molecule is CC.COCCOC1CN(C(c2ccccc2)c2ccccc2)C1.COCCOC1CNC1.Cl. The standard InChI is InChI=1S/C19H23NO2.C6H13NO2.C2H6.ClH/c1-21-12-13-22-18-14-20(15-18)19(16-8-4-2-5-9-16)17-10-6-3-7-11-17;1-8-2-3-9-6-4-7-5-6;1-2;/h2-11,18-19H,12-15H2,1H3;6-7H,2-5H2,1H3;1-2H3;1H. The van der Waals surface area contributed by atoms with E-state index < -0.39 is 0 Å². The van der Waals surface area contributed by atoms with Gasteiger partial charge in [-0.2, -0.15) is 0 Å². The van der Waals surface area contributed by atoms with Gasteiger partial charge in [-0.1, -0.05) is 74.5 Å². The number of hydrogen-bond donors (Lipinski definition) is 1. The third-order valence-electron chi connectivity index (χ3n) is 5.50. The summed E-state index contributed by atoms with van der Waals surface area (Å²) in [6.07, 6.45) is 0.769. The van der Waals surface area contributed by atoms with Crippen LogP contribution in [0, 0.1) is 0 Å². The summed E-state index contributed by atoms with van der Waals surface area (Å²) in [6, 6.07) is 21.7. The van der Waals surface area contributed by atoms with E-state index >= 15 is 0 Å². The van der Waals surface area contributed by atoms with E-state index in [1.807, 2.05) is 13.8 Å². The Balaban J connectivity index is 0.000000407. The van der Waals surface area contributed by atoms with Crippen molar-refractivity contribution < 1.29 is 18.9 Å². The summed E-state index contributed by atoms with van der Waals surface area (Å²) in [5.74, 6) is 0. The molecular formula is C27H43ClN2O4. The molecule has 0 atom stereocenters. The summed E-state index contributed by atoms with van der Waals surface area (Å²) < 4.78 is 21.0. The summed E-state index contributed by atoms with van der Waals surface area (Å²) in [7, 11) is 3.39. The molecule has 6 nitrogen and oxygen atoms in total. The molecule has 0 unspecified atom stereocenters. The Morgan fingerprint density at radius 3 is 1.56 bits per heavy atom. The Kier molecular flexibility index (Phi) is 16.9. The van der Waals surface area contributed by atoms with Crippen LogP contribution in [-0.4, -0.2) is 83.9 Å². The molecule has 1 N–H and O–H groups in total. The van der Waals surface area contributed by atoms with Gasteiger partial charge in [0.15, 0.2) is 0 Å². The maximum atomic E-state index is 5.80. The van der Waals surface area contributed by atoms with Crippen molar-refractivity contribution in [3.8, 4) is 0 Å². The van der Waals surface area contributed by atoms with Gasteiger partial charge in [0.25, 0.3) is 0 Å². The van der Waals surface area contributed by atoms with E-state index in [2.05, 4.69) is 70.9 Å². The molecule has 192 valence electrons. The average Bonchev–Trinajstić information content (AvgIpc) is 2.82. The van der Waals surface area contributed by atoms with Crippen LogP contribution in [0.15, 0.2) is 60.7 Å². The van der Waals surface area contributed by atoms with Gasteiger partial charge in [0.05, 0.1) is 44.7 Å². The van der Waals surface area contributed by atoms with Crippen molar-refractivity contribution in [2.75, 3.05) is 66.8 Å². The summed E-state index contributed by atoms with van der Waals surface area (Å²) in [4.78, 5) is 2.47. The average molecular weight is 495 g/mol. The lowest BCUT2D eigenvalue weighted by atomic mass is 9.94. The first-order chi connectivity index (χ1) is 16.3. The van der Waals surface area contributed by atoms with Crippen LogP contribution in [0.5, 0.6) is 0 Å². The lowest BCUT2D eigenvalue weighted by Crippen LogP contribution is -2.53. The predicted octanol–water partition coefficient (Wildman–Crippen LogP) is 4.19. The van der Waals surface area contributed by atoms with Crippen molar-refractivity contribution in [2.45, 2.75) is 32.1 Å². The fourth-order valence-corrected chi connectivity index (χ4v) is 3.65. The molecule has 2 fully saturated rings. The molecule has 2 saturated heterocycles. The van der Waals surface area contributed by atoms with Crippen molar-refractivity contribution in [1.29, 1.82) is 0 Å². The van der Waals surface area contributed by atoms with Crippen LogP contribution < -0.4 is 5.32 Å². The second-order valence-corrected chi connectivity index (χ2v) is 7.81. The summed E-state index contributed by atoms with van der Waals surface area (Å²) in [5, 5.41) is 3.12. The van der Waals surface area contributed by atoms with Crippen LogP contribution in [0.4, 0.5) is 0 Å². The van der Waals surface area contributed by atoms with E-state index in [-0.39, 0.29) is 12.4 Å². The molecule has 0 bridgehead atoms. The van der Waals surface area contributed by atoms with Gasteiger partial charge in [-0.25, -0.2) is 0 Å². The summed E-state index contributed by atoms with van der Waals surface area (Å²) in [5.41, 5.74) is 2.67. The van der Waals surface area contributed by atoms with Gasteiger partial charge >= 0.3 is 0 Å². The van der Waals surface area contributed by atoms with E-state index in [1.54, 1.807) is 14.2 Å². The van der Waals surface area contributed by atoms with E-state index in [4.69, 9.17) is 18.9 Å². The van der Waals surface area contributed by atoms with Crippen LogP contribution in [-0.2, 0) is 18.9 Å². The molecule has 0 spiro atoms. The fraction of sp³-hybridized carbons (Fsp3) is 0.556. The first-order valence-corrected chi connectivity index (χ1v) is 12.1. The smallest absolute Gasteiger partial charge is 0.0830 e. The second-order valence-electron chi connectivity index (χ2n) is 7.81. The summed E-state index contributed by atoms with van der Waals surface area (Å²) in [6.45, 7) is 10.7. The molecule has 0 amide bonds. The van der Waals surface area contributed by atoms with Crippen LogP contribution in [0.1, 0.15) is 31.0 Å². The normalized spacial score (nSPS) is 15.7. The first kappa shape index (κ1) is 30.5. The van der Waals surface area contributed by atoms with E-state index in [0.29, 0.717) is 38.1 Å². The molecule has 2 aliphatic heterocycles. The lowest BCUT2D eigenvalue weighted by molar-refractivity contribution is -0.0773. The second kappa shape index (κ2) is 18.8. The molecule has 2 aliphatic rings. The molecule has 0 aromatic heterocycles. The zero-order valence-corrected chi connectivity index (χ0v) is 22.0. The minimum Gasteiger partial charge on any atom is -0.382 e. The largest absolute Gasteiger partial charge is 0.382 e. The number of nitrogens with one attached hydrogen (secondary N) is 1. The highest BCUT2D eigenvalue weighted by molar-refractivity contribution is 5.85. The monoisotopic (exact) mass is 494 g/mol. The highest BCUT2D eigenvalue weighted by Crippen LogP contribution is 2.32. The van der Waals surface area contributed by atoms with Gasteiger partial charge in [-0.05, 0) is 11.1 Å². The molecule has 34 heavy (non-hydrogen) atoms. The Morgan fingerprint density at radius 1 is 0.735 bits per heavy atom. The van der Waals surface area contributed by atoms with Gasteiger partial charge in [0.1, 0.15) is 0 Å². The lowest BCUT2D eigenvalue weighted by Gasteiger charge is -2.44. The summed E-state index contributed by atoms with van der Waals surface area (Å²) >= 11 is 0. The highest BCUT2D eigenvalue weighted by atomic mass is 35.5. The van der Waals surface area contributed by atoms with E-state index in [1.165, 1.54) is 11.1 Å². The maximum Gasteiger partial charge on any atom is 0.0830 e. The molecule has 0 radical (unpaired) electrons. The van der Waals surface area contributed by atoms with Crippen molar-refractivity contribution in [1.82, 2.24) is 10.2 Å². The molecule has 0 aliphatic carbocycles. The molecule has 2 aromatic carbocycles. The topological polar surface area (TPSA) is 52.2 Å². The van der Waals surface area contributed by atoms with Gasteiger partial charge in [0.2, 0.25) is 0 Å². The van der Waals surface area contributed by atoms with Crippen molar-refractivity contribution in [3.05, 3.63) is 71.8 Å². The third kappa shape index (κ3) is 10.4. The number of ether oxygens (including phenoxy) is 4. The van der Waals surface area contributed by atoms with Crippen molar-refractivity contribution in [2.24, 2.45) is 0 Å². The van der Waals surface area contributed by atoms with E-state index in [0.717, 1.165) is 32.8 Å². The first-order valence-electron chi connectivity index (χ1n) is 12.1. The van der Waals surface area contributed by atoms with Gasteiger partial charge < -0.3 is 24.3 Å². The molecule has 0 saturated carbocycles. The zero-order chi connectivity index (χ0) is 23.7. The number of likely N-dealkylation sites (tertiary alicyclic amines) is 1. The zero-order valence-electron chi connectivity index (χ0n) is 21.2. The number of benzene rings is 2. The molecule has 2 heterocycles. The Bertz CT molecular complexity index is 674. The molecule has 4 rings (SSSR count). The quantitative estimate of drug-likeness (QED) is 0.473. The van der Waals surface area contributed by atoms with Crippen molar-refractivity contribution in [3.63, 3.8) is 0 Å². The number of methoxy groups -OCH3 is 2. The third-order valence-corrected chi connectivity index (χ3v) is 5.50. The van der Waals surface area contributed by atoms with Crippen LogP contribution in [0.25, 0.3) is 0 Å². The molecular weight excluding hydrogens is 452 g/mol. The molecule has 2 aromatic rings. The minimum absolute atomic E-state index is 0. The van der Waals surface area contributed by atoms with Gasteiger partial charge in [-0.3, -0.25) is 4.90 Å². The van der Waals surface area contributed by atoms with Crippen molar-refractivity contribution >= 4 is 12.4 Å². The van der Waals surface area contributed by atoms with Crippen LogP contribution in [0.2, 0.25) is 0 Å². The Hall–Kier alpha value is -1.51. The number of rotatable bonds is 11. The number of halogens is 1. The Morgan fingerprint density at radius 2 is 1.18 bits per heavy atom. The Labute approximate surface area is 212 Å². The molecule has 7 heteroatoms. The van der Waals surface area contributed by atoms with Crippen LogP contribution >= 0.6 is 12.4 Å². The van der Waals surface area contributed by atoms with Gasteiger partial charge in [0, 0.05) is 40.4 Å². The maximum absolute atomic E-state index is 5.80. The highest BCUT2D eigenvalue weighted by Gasteiger charge is 2.34. The van der Waals surface area contributed by atoms with Crippen LogP contribution in [0.3, 0.4) is 0 Å².